The SMILES string of the molecule is c1ccc(-c2ccc(-c3c(N(c4ccc(-c5ccccc5)cc4)c4ccc5ccccc5c4)c4ccccc4c4ccccc34)cc2)cc1. The molecule has 0 unspecified atom stereocenters. The van der Waals surface area contributed by atoms with Crippen molar-refractivity contribution in [1.82, 2.24) is 0 Å². The van der Waals surface area contributed by atoms with Crippen LogP contribution >= 0.6 is 0 Å². The van der Waals surface area contributed by atoms with E-state index in [2.05, 4.69) is 205 Å². The minimum Gasteiger partial charge on any atom is -0.309 e. The molecule has 1 heteroatoms. The first-order chi connectivity index (χ1) is 24.3. The van der Waals surface area contributed by atoms with E-state index < -0.39 is 0 Å². The van der Waals surface area contributed by atoms with Crippen molar-refractivity contribution in [1.29, 1.82) is 0 Å². The van der Waals surface area contributed by atoms with Crippen molar-refractivity contribution in [3.8, 4) is 33.4 Å². The van der Waals surface area contributed by atoms with Crippen molar-refractivity contribution < 1.29 is 0 Å². The topological polar surface area (TPSA) is 3.24 Å². The van der Waals surface area contributed by atoms with Crippen LogP contribution in [-0.4, -0.2) is 0 Å². The number of nitrogens with zero attached hydrogens (tertiary/aromatic N) is 1. The second-order valence-corrected chi connectivity index (χ2v) is 12.5. The molecule has 0 atom stereocenters. The van der Waals surface area contributed by atoms with Gasteiger partial charge in [0.2, 0.25) is 0 Å². The van der Waals surface area contributed by atoms with E-state index in [0.29, 0.717) is 0 Å². The summed E-state index contributed by atoms with van der Waals surface area (Å²) in [6, 6.07) is 72.5. The lowest BCUT2D eigenvalue weighted by atomic mass is 9.89. The third kappa shape index (κ3) is 5.23. The van der Waals surface area contributed by atoms with Gasteiger partial charge in [0.05, 0.1) is 5.69 Å². The summed E-state index contributed by atoms with van der Waals surface area (Å²) < 4.78 is 0. The molecule has 0 aliphatic heterocycles. The van der Waals surface area contributed by atoms with Crippen LogP contribution in [0.15, 0.2) is 200 Å². The molecule has 0 amide bonds. The lowest BCUT2D eigenvalue weighted by Crippen LogP contribution is -2.12. The maximum absolute atomic E-state index is 2.47. The van der Waals surface area contributed by atoms with E-state index in [9.17, 15) is 0 Å². The third-order valence-electron chi connectivity index (χ3n) is 9.63. The van der Waals surface area contributed by atoms with E-state index in [0.717, 1.165) is 11.4 Å². The molecule has 0 aromatic heterocycles. The van der Waals surface area contributed by atoms with Gasteiger partial charge in [-0.25, -0.2) is 0 Å². The molecule has 0 aliphatic rings. The highest BCUT2D eigenvalue weighted by Gasteiger charge is 2.24. The van der Waals surface area contributed by atoms with Crippen LogP contribution in [0.1, 0.15) is 0 Å². The molecule has 0 bridgehead atoms. The Hall–Kier alpha value is -6.44. The van der Waals surface area contributed by atoms with Crippen molar-refractivity contribution in [3.63, 3.8) is 0 Å². The molecular formula is C48H33N. The smallest absolute Gasteiger partial charge is 0.0624 e. The first-order valence-corrected chi connectivity index (χ1v) is 16.9. The monoisotopic (exact) mass is 623 g/mol. The van der Waals surface area contributed by atoms with Crippen molar-refractivity contribution >= 4 is 49.4 Å². The Balaban J connectivity index is 1.34. The van der Waals surface area contributed by atoms with Gasteiger partial charge in [-0.15, -0.1) is 0 Å². The van der Waals surface area contributed by atoms with Gasteiger partial charge in [0.15, 0.2) is 0 Å². The highest BCUT2D eigenvalue weighted by molar-refractivity contribution is 6.22. The Kier molecular flexibility index (Phi) is 7.22. The first-order valence-electron chi connectivity index (χ1n) is 16.9. The van der Waals surface area contributed by atoms with Gasteiger partial charge in [0, 0.05) is 22.3 Å². The standard InChI is InChI=1S/C48H33N/c1-3-13-34(14-4-1)37-23-25-39(26-24-37)47-45-21-11-9-19-43(45)44-20-10-12-22-46(44)48(47)49(42-32-29-36-17-7-8-18-40(36)33-42)41-30-27-38(28-31-41)35-15-5-2-6-16-35/h1-33H. The summed E-state index contributed by atoms with van der Waals surface area (Å²) >= 11 is 0. The van der Waals surface area contributed by atoms with Crippen molar-refractivity contribution in [2.75, 3.05) is 4.90 Å². The summed E-state index contributed by atoms with van der Waals surface area (Å²) in [5.41, 5.74) is 10.6. The maximum atomic E-state index is 2.47. The van der Waals surface area contributed by atoms with E-state index in [-0.39, 0.29) is 0 Å². The third-order valence-corrected chi connectivity index (χ3v) is 9.63. The van der Waals surface area contributed by atoms with Gasteiger partial charge in [-0.1, -0.05) is 176 Å². The molecule has 49 heavy (non-hydrogen) atoms. The Labute approximate surface area is 287 Å². The van der Waals surface area contributed by atoms with Crippen LogP contribution in [0, 0.1) is 0 Å². The van der Waals surface area contributed by atoms with Gasteiger partial charge < -0.3 is 4.90 Å². The lowest BCUT2D eigenvalue weighted by molar-refractivity contribution is 1.31. The lowest BCUT2D eigenvalue weighted by Gasteiger charge is -2.31. The van der Waals surface area contributed by atoms with Crippen LogP contribution in [-0.2, 0) is 0 Å². The molecule has 230 valence electrons. The second-order valence-electron chi connectivity index (χ2n) is 12.5. The Morgan fingerprint density at radius 3 is 1.33 bits per heavy atom. The molecule has 9 rings (SSSR count). The van der Waals surface area contributed by atoms with Crippen LogP contribution in [0.4, 0.5) is 17.1 Å². The molecule has 0 saturated carbocycles. The zero-order valence-electron chi connectivity index (χ0n) is 27.0. The van der Waals surface area contributed by atoms with Crippen LogP contribution < -0.4 is 4.90 Å². The Bertz CT molecular complexity index is 2570. The fourth-order valence-electron chi connectivity index (χ4n) is 7.26. The minimum atomic E-state index is 1.11. The zero-order chi connectivity index (χ0) is 32.6. The largest absolute Gasteiger partial charge is 0.309 e. The predicted molar refractivity (Wildman–Crippen MR) is 210 cm³/mol. The Morgan fingerprint density at radius 1 is 0.265 bits per heavy atom. The molecular weight excluding hydrogens is 591 g/mol. The van der Waals surface area contributed by atoms with Gasteiger partial charge in [-0.05, 0) is 79.0 Å². The molecule has 0 saturated heterocycles. The average molecular weight is 624 g/mol. The van der Waals surface area contributed by atoms with Gasteiger partial charge >= 0.3 is 0 Å². The predicted octanol–water partition coefficient (Wildman–Crippen LogP) is 13.6. The highest BCUT2D eigenvalue weighted by atomic mass is 15.1. The molecule has 9 aromatic carbocycles. The quantitative estimate of drug-likeness (QED) is 0.167. The van der Waals surface area contributed by atoms with Gasteiger partial charge in [0.1, 0.15) is 0 Å². The molecule has 0 radical (unpaired) electrons. The van der Waals surface area contributed by atoms with Crippen LogP contribution in [0.2, 0.25) is 0 Å². The normalized spacial score (nSPS) is 11.3. The molecule has 0 heterocycles. The second kappa shape index (κ2) is 12.3. The number of anilines is 3. The van der Waals surface area contributed by atoms with Crippen LogP contribution in [0.5, 0.6) is 0 Å². The summed E-state index contributed by atoms with van der Waals surface area (Å²) in [6.07, 6.45) is 0. The van der Waals surface area contributed by atoms with Gasteiger partial charge in [-0.3, -0.25) is 0 Å². The van der Waals surface area contributed by atoms with Gasteiger partial charge in [-0.2, -0.15) is 0 Å². The molecule has 0 N–H and O–H groups in total. The number of benzene rings is 9. The van der Waals surface area contributed by atoms with Crippen LogP contribution in [0.25, 0.3) is 65.7 Å². The molecule has 1 nitrogen and oxygen atoms in total. The fourth-order valence-corrected chi connectivity index (χ4v) is 7.26. The van der Waals surface area contributed by atoms with E-state index in [1.165, 1.54) is 71.4 Å². The van der Waals surface area contributed by atoms with E-state index in [1.807, 2.05) is 0 Å². The summed E-state index contributed by atoms with van der Waals surface area (Å²) in [5.74, 6) is 0. The average Bonchev–Trinajstić information content (AvgIpc) is 3.19. The number of fused-ring (bicyclic) bond motifs is 4. The van der Waals surface area contributed by atoms with Crippen molar-refractivity contribution in [2.24, 2.45) is 0 Å². The summed E-state index contributed by atoms with van der Waals surface area (Å²) in [4.78, 5) is 2.47. The summed E-state index contributed by atoms with van der Waals surface area (Å²) in [7, 11) is 0. The number of hydrogen-bond donors (Lipinski definition) is 0. The van der Waals surface area contributed by atoms with Gasteiger partial charge in [0.25, 0.3) is 0 Å². The molecule has 0 fully saturated rings. The molecule has 0 spiro atoms. The first kappa shape index (κ1) is 28.8. The van der Waals surface area contributed by atoms with Crippen molar-refractivity contribution in [2.45, 2.75) is 0 Å². The Morgan fingerprint density at radius 2 is 0.694 bits per heavy atom. The summed E-state index contributed by atoms with van der Waals surface area (Å²) in [5, 5.41) is 7.38. The number of rotatable bonds is 6. The maximum Gasteiger partial charge on any atom is 0.0624 e. The number of hydrogen-bond acceptors (Lipinski definition) is 1. The highest BCUT2D eigenvalue weighted by Crippen LogP contribution is 2.50. The zero-order valence-corrected chi connectivity index (χ0v) is 27.0. The minimum absolute atomic E-state index is 1.11. The van der Waals surface area contributed by atoms with E-state index in [4.69, 9.17) is 0 Å². The van der Waals surface area contributed by atoms with E-state index >= 15 is 0 Å². The summed E-state index contributed by atoms with van der Waals surface area (Å²) in [6.45, 7) is 0. The molecule has 0 aliphatic carbocycles. The molecule has 9 aromatic rings. The fraction of sp³-hybridized carbons (Fsp3) is 0. The van der Waals surface area contributed by atoms with Crippen molar-refractivity contribution in [3.05, 3.63) is 200 Å². The van der Waals surface area contributed by atoms with Crippen LogP contribution in [0.3, 0.4) is 0 Å². The van der Waals surface area contributed by atoms with E-state index in [1.54, 1.807) is 0 Å².